The van der Waals surface area contributed by atoms with Crippen molar-refractivity contribution in [2.75, 3.05) is 16.0 Å². The molecule has 10 nitrogen and oxygen atoms in total. The number of aromatic amines is 2. The molecule has 0 spiro atoms. The molecule has 452 valence electrons. The third-order valence-corrected chi connectivity index (χ3v) is 25.7. The van der Waals surface area contributed by atoms with Crippen LogP contribution in [0.25, 0.3) is 23.3 Å². The molecule has 0 saturated carbocycles. The average Bonchev–Trinajstić information content (AvgIpc) is 0.757. The fourth-order valence-electron chi connectivity index (χ4n) is 11.4. The predicted molar refractivity (Wildman–Crippen MR) is 378 cm³/mol. The van der Waals surface area contributed by atoms with Crippen molar-refractivity contribution in [3.8, 4) is 0 Å². The molecular weight excluding hydrogens is 1190 g/mol. The first-order valence-electron chi connectivity index (χ1n) is 28.9. The number of rotatable bonds is 9. The van der Waals surface area contributed by atoms with E-state index in [0.29, 0.717) is 0 Å². The Morgan fingerprint density at radius 3 is 1.20 bits per heavy atom. The van der Waals surface area contributed by atoms with Crippen molar-refractivity contribution < 1.29 is 14.4 Å². The van der Waals surface area contributed by atoms with Gasteiger partial charge in [0.15, 0.2) is 0 Å². The number of allylic oxidation sites excluding steroid dienone is 2. The summed E-state index contributed by atoms with van der Waals surface area (Å²) in [4.78, 5) is 48.5. The van der Waals surface area contributed by atoms with Crippen LogP contribution < -0.4 is 31.9 Å². The van der Waals surface area contributed by atoms with E-state index in [0.717, 1.165) is 86.2 Å². The van der Waals surface area contributed by atoms with Crippen LogP contribution in [0, 0.1) is 0 Å². The number of hydrogen-bond donors (Lipinski definition) is 5. The molecule has 1 atom stereocenters. The molecular formula is C78H75BrN7O3P. The number of benzene rings is 6. The van der Waals surface area contributed by atoms with E-state index in [1.165, 1.54) is 74.3 Å². The summed E-state index contributed by atoms with van der Waals surface area (Å²) in [6.07, 6.45) is 21.2. The molecule has 90 heavy (non-hydrogen) atoms. The summed E-state index contributed by atoms with van der Waals surface area (Å²) in [5, 5.41) is 9.53. The van der Waals surface area contributed by atoms with Gasteiger partial charge in [0.1, 0.15) is 0 Å². The number of nitrogens with one attached hydrogen (secondary N) is 5. The van der Waals surface area contributed by atoms with Gasteiger partial charge >= 0.3 is 211 Å². The fourth-order valence-corrected chi connectivity index (χ4v) is 20.4. The van der Waals surface area contributed by atoms with Gasteiger partial charge in [0.25, 0.3) is 0 Å². The molecule has 3 amide bonds. The molecule has 3 aliphatic rings. The summed E-state index contributed by atoms with van der Waals surface area (Å²) in [5.74, 6) is -0.127. The zero-order chi connectivity index (χ0) is 62.0. The maximum atomic E-state index is 11.9. The number of aryl methyl sites for hydroxylation is 3. The van der Waals surface area contributed by atoms with E-state index in [4.69, 9.17) is 0 Å². The molecule has 0 bridgehead atoms. The average molecular weight is 1270 g/mol. The van der Waals surface area contributed by atoms with Gasteiger partial charge in [0, 0.05) is 25.2 Å². The molecule has 0 saturated heterocycles. The van der Waals surface area contributed by atoms with Gasteiger partial charge in [-0.05, 0) is 179 Å². The summed E-state index contributed by atoms with van der Waals surface area (Å²) < 4.78 is 0. The van der Waals surface area contributed by atoms with E-state index < -0.39 is 5.31 Å². The molecule has 2 aromatic heterocycles. The topological polar surface area (TPSA) is 145 Å². The minimum absolute atomic E-state index is 0. The molecule has 3 aliphatic carbocycles. The Balaban J connectivity index is 0.000000201. The Morgan fingerprint density at radius 1 is 0.489 bits per heavy atom. The number of nitrogens with zero attached hydrogens (tertiary/aromatic N) is 2. The van der Waals surface area contributed by atoms with E-state index in [1.807, 2.05) is 30.6 Å². The number of hydrogen-bond acceptors (Lipinski definition) is 5. The molecule has 6 aromatic carbocycles. The first-order chi connectivity index (χ1) is 42.9. The van der Waals surface area contributed by atoms with Crippen molar-refractivity contribution in [2.24, 2.45) is 0 Å². The molecule has 1 unspecified atom stereocenters. The molecule has 0 fully saturated rings. The van der Waals surface area contributed by atoms with E-state index in [9.17, 15) is 14.4 Å². The van der Waals surface area contributed by atoms with Crippen molar-refractivity contribution in [2.45, 2.75) is 99.1 Å². The summed E-state index contributed by atoms with van der Waals surface area (Å²) >= 11 is 4.67. The van der Waals surface area contributed by atoms with Crippen molar-refractivity contribution >= 4 is 94.8 Å². The molecule has 12 heteroatoms. The Kier molecular flexibility index (Phi) is 26.2. The van der Waals surface area contributed by atoms with Crippen molar-refractivity contribution in [1.82, 2.24) is 19.9 Å². The second-order valence-corrected chi connectivity index (χ2v) is 29.6. The fraction of sp³-hybridized carbons (Fsp3) is 0.192. The Bertz CT molecular complexity index is 4080. The van der Waals surface area contributed by atoms with Gasteiger partial charge in [-0.15, -0.1) is 0 Å². The third kappa shape index (κ3) is 17.9. The minimum atomic E-state index is -3.17. The summed E-state index contributed by atoms with van der Waals surface area (Å²) in [5.41, 5.74) is 44.7. The van der Waals surface area contributed by atoms with Gasteiger partial charge in [-0.2, -0.15) is 0 Å². The van der Waals surface area contributed by atoms with Crippen molar-refractivity contribution in [3.05, 3.63) is 297 Å². The van der Waals surface area contributed by atoms with Crippen LogP contribution in [0.2, 0.25) is 0 Å². The number of halogens is 1. The SMILES string of the molecule is C.C.C=C=C=C=C=C=C=C=C=C=C=C=C=C.CC(=O)Nc1ccc2c(c1)/C(=C/c1cnc[nH]1)CCC2.CC(=O)Nc1ccc2c(c1)/C(=C\c1cnc[nH]1)CCC2.CC(=O)Nc1ccc2c(c1)C(P(Br)(c1ccccc1)(c1ccccc1)c1ccccc1)CCC2. The van der Waals surface area contributed by atoms with Gasteiger partial charge < -0.3 is 20.6 Å². The number of fused-ring (bicyclic) bond motifs is 3. The van der Waals surface area contributed by atoms with E-state index in [-0.39, 0.29) is 38.2 Å². The monoisotopic (exact) mass is 1270 g/mol. The molecule has 11 rings (SSSR count). The number of carbonyl (C=O) groups is 3. The quantitative estimate of drug-likeness (QED) is 0.0722. The van der Waals surface area contributed by atoms with Gasteiger partial charge in [0.2, 0.25) is 11.8 Å². The summed E-state index contributed by atoms with van der Waals surface area (Å²) in [6, 6.07) is 51.7. The van der Waals surface area contributed by atoms with E-state index in [1.54, 1.807) is 19.6 Å². The van der Waals surface area contributed by atoms with Crippen LogP contribution >= 0.6 is 20.8 Å². The Morgan fingerprint density at radius 2 is 0.844 bits per heavy atom. The van der Waals surface area contributed by atoms with Gasteiger partial charge in [0.05, 0.1) is 36.4 Å². The van der Waals surface area contributed by atoms with E-state index in [2.05, 4.69) is 273 Å². The number of H-pyrrole nitrogens is 2. The van der Waals surface area contributed by atoms with Crippen LogP contribution in [-0.4, -0.2) is 37.7 Å². The molecule has 2 heterocycles. The maximum absolute atomic E-state index is 11.9. The molecule has 0 radical (unpaired) electrons. The second-order valence-electron chi connectivity index (χ2n) is 20.9. The van der Waals surface area contributed by atoms with Crippen molar-refractivity contribution in [3.63, 3.8) is 0 Å². The summed E-state index contributed by atoms with van der Waals surface area (Å²) in [7, 11) is 0. The predicted octanol–water partition coefficient (Wildman–Crippen LogP) is 17.3. The van der Waals surface area contributed by atoms with Crippen molar-refractivity contribution in [1.29, 1.82) is 0 Å². The Labute approximate surface area is 538 Å². The van der Waals surface area contributed by atoms with Gasteiger partial charge in [-0.1, -0.05) is 38.4 Å². The van der Waals surface area contributed by atoms with Crippen LogP contribution in [0.1, 0.15) is 125 Å². The Hall–Kier alpha value is -10.4. The number of imidazole rings is 2. The molecule has 5 N–H and O–H groups in total. The number of anilines is 3. The molecule has 0 aliphatic heterocycles. The van der Waals surface area contributed by atoms with Crippen LogP contribution in [0.5, 0.6) is 0 Å². The van der Waals surface area contributed by atoms with Crippen LogP contribution in [0.4, 0.5) is 17.1 Å². The summed E-state index contributed by atoms with van der Waals surface area (Å²) in [6.45, 7) is 11.2. The zero-order valence-electron chi connectivity index (χ0n) is 49.6. The second kappa shape index (κ2) is 34.3. The molecule has 8 aromatic rings. The first kappa shape index (κ1) is 68.7. The number of amides is 3. The van der Waals surface area contributed by atoms with Crippen LogP contribution in [-0.2, 0) is 33.6 Å². The van der Waals surface area contributed by atoms with Crippen LogP contribution in [0.3, 0.4) is 0 Å². The van der Waals surface area contributed by atoms with E-state index >= 15 is 0 Å². The number of carbonyl (C=O) groups excluding carboxylic acids is 3. The van der Waals surface area contributed by atoms with Gasteiger partial charge in [-0.3, -0.25) is 9.59 Å². The van der Waals surface area contributed by atoms with Gasteiger partial charge in [-0.25, -0.2) is 9.97 Å². The zero-order valence-corrected chi connectivity index (χ0v) is 52.1. The van der Waals surface area contributed by atoms with Crippen LogP contribution in [0.15, 0.2) is 253 Å². The first-order valence-corrected chi connectivity index (χ1v) is 33.2. The third-order valence-electron chi connectivity index (χ3n) is 14.9. The standard InChI is InChI=1S/C30H29BrNOP.2C16H17N3O.C14H4.2CH4/c1-23(33)32-25-21-20-24-12-11-19-30(29(24)22-25)34(31,26-13-5-2-6-14-26,27-15-7-3-8-16-27)28-17-9-4-10-18-28;2*1-11(20)19-14-6-5-12-3-2-4-13(16(12)8-14)7-15-9-17-10-18-15;1-3-5-7-9-11-13-14-12-10-8-6-4-2;;/h2-10,13-18,20-22,30H,11-12,19H2,1H3,(H,32,33);2*5-10H,2-4H2,1H3,(H,17,18)(H,19,20);1-2H2;2*1H4/b;13-7+;13-7-;;;. The normalized spacial score (nSPS) is 14.0. The number of aromatic nitrogens is 4.